The molecule has 0 N–H and O–H groups in total. The van der Waals surface area contributed by atoms with Gasteiger partial charge in [0.25, 0.3) is 0 Å². The number of halogens is 3. The number of ketones is 1. The third-order valence-corrected chi connectivity index (χ3v) is 2.75. The largest absolute Gasteiger partial charge is 0.401 e. The van der Waals surface area contributed by atoms with E-state index in [9.17, 15) is 18.0 Å². The van der Waals surface area contributed by atoms with E-state index < -0.39 is 23.3 Å². The Kier molecular flexibility index (Phi) is 2.43. The van der Waals surface area contributed by atoms with Gasteiger partial charge in [-0.2, -0.15) is 13.2 Å². The topological polar surface area (TPSA) is 17.1 Å². The van der Waals surface area contributed by atoms with E-state index in [0.29, 0.717) is 6.42 Å². The number of Topliss-reactive ketones (excluding diaryl/α,β-unsaturated/α-hetero) is 1. The molecule has 13 heavy (non-hydrogen) atoms. The van der Waals surface area contributed by atoms with Crippen molar-refractivity contribution in [3.05, 3.63) is 0 Å². The van der Waals surface area contributed by atoms with Gasteiger partial charge in [-0.3, -0.25) is 4.79 Å². The Balaban J connectivity index is 2.89. The van der Waals surface area contributed by atoms with Gasteiger partial charge >= 0.3 is 6.18 Å². The van der Waals surface area contributed by atoms with Crippen LogP contribution in [0.1, 0.15) is 33.1 Å². The van der Waals surface area contributed by atoms with Gasteiger partial charge < -0.3 is 0 Å². The first kappa shape index (κ1) is 10.5. The highest BCUT2D eigenvalue weighted by Gasteiger charge is 2.63. The average Bonchev–Trinajstić information content (AvgIpc) is 1.80. The van der Waals surface area contributed by atoms with Crippen LogP contribution in [-0.4, -0.2) is 12.0 Å². The Morgan fingerprint density at radius 2 is 1.77 bits per heavy atom. The zero-order valence-corrected chi connectivity index (χ0v) is 7.74. The van der Waals surface area contributed by atoms with Crippen LogP contribution in [0.4, 0.5) is 13.2 Å². The molecule has 0 aromatic heterocycles. The van der Waals surface area contributed by atoms with Crippen LogP contribution in [0.5, 0.6) is 0 Å². The molecule has 0 spiro atoms. The molecule has 1 nitrogen and oxygen atoms in total. The standard InChI is InChI=1S/C9H13F3O/c1-6(2)7(13)8(4-3-5-8)9(10,11)12/h6H,3-5H2,1-2H3. The third kappa shape index (κ3) is 1.46. The predicted octanol–water partition coefficient (Wildman–Crippen LogP) is 2.94. The summed E-state index contributed by atoms with van der Waals surface area (Å²) in [4.78, 5) is 11.4. The Morgan fingerprint density at radius 1 is 1.31 bits per heavy atom. The highest BCUT2D eigenvalue weighted by molar-refractivity contribution is 5.88. The van der Waals surface area contributed by atoms with Crippen LogP contribution in [0.15, 0.2) is 0 Å². The van der Waals surface area contributed by atoms with E-state index in [1.807, 2.05) is 0 Å². The first-order valence-electron chi connectivity index (χ1n) is 4.42. The van der Waals surface area contributed by atoms with Gasteiger partial charge in [0.1, 0.15) is 5.41 Å². The van der Waals surface area contributed by atoms with Crippen LogP contribution in [0, 0.1) is 11.3 Å². The van der Waals surface area contributed by atoms with Gasteiger partial charge in [-0.1, -0.05) is 20.3 Å². The Labute approximate surface area is 75.3 Å². The second kappa shape index (κ2) is 3.00. The van der Waals surface area contributed by atoms with Crippen LogP contribution < -0.4 is 0 Å². The van der Waals surface area contributed by atoms with E-state index in [1.165, 1.54) is 13.8 Å². The highest BCUT2D eigenvalue weighted by atomic mass is 19.4. The monoisotopic (exact) mass is 194 g/mol. The Morgan fingerprint density at radius 3 is 1.85 bits per heavy atom. The number of rotatable bonds is 2. The second-order valence-electron chi connectivity index (χ2n) is 3.95. The molecule has 4 heteroatoms. The summed E-state index contributed by atoms with van der Waals surface area (Å²) in [5.41, 5.74) is -2.00. The minimum atomic E-state index is -4.35. The lowest BCUT2D eigenvalue weighted by Crippen LogP contribution is -2.51. The van der Waals surface area contributed by atoms with Crippen LogP contribution >= 0.6 is 0 Å². The SMILES string of the molecule is CC(C)C(=O)C1(C(F)(F)F)CCC1. The smallest absolute Gasteiger partial charge is 0.298 e. The summed E-state index contributed by atoms with van der Waals surface area (Å²) in [6, 6.07) is 0. The van der Waals surface area contributed by atoms with Crippen LogP contribution in [-0.2, 0) is 4.79 Å². The maximum absolute atomic E-state index is 12.5. The molecule has 0 aromatic carbocycles. The first-order chi connectivity index (χ1) is 5.81. The minimum Gasteiger partial charge on any atom is -0.298 e. The number of hydrogen-bond acceptors (Lipinski definition) is 1. The molecule has 1 saturated carbocycles. The third-order valence-electron chi connectivity index (χ3n) is 2.75. The number of carbonyl (C=O) groups excluding carboxylic acids is 1. The number of alkyl halides is 3. The van der Waals surface area contributed by atoms with Crippen molar-refractivity contribution in [3.8, 4) is 0 Å². The van der Waals surface area contributed by atoms with Crippen molar-refractivity contribution in [1.29, 1.82) is 0 Å². The van der Waals surface area contributed by atoms with Crippen molar-refractivity contribution in [2.45, 2.75) is 39.3 Å². The molecule has 0 unspecified atom stereocenters. The van der Waals surface area contributed by atoms with E-state index in [2.05, 4.69) is 0 Å². The lowest BCUT2D eigenvalue weighted by molar-refractivity contribution is -0.243. The van der Waals surface area contributed by atoms with Crippen LogP contribution in [0.25, 0.3) is 0 Å². The van der Waals surface area contributed by atoms with Gasteiger partial charge in [0.15, 0.2) is 5.78 Å². The van der Waals surface area contributed by atoms with E-state index >= 15 is 0 Å². The van der Waals surface area contributed by atoms with Crippen molar-refractivity contribution < 1.29 is 18.0 Å². The molecule has 1 aliphatic carbocycles. The van der Waals surface area contributed by atoms with E-state index in [0.717, 1.165) is 0 Å². The molecular weight excluding hydrogens is 181 g/mol. The van der Waals surface area contributed by atoms with Crippen molar-refractivity contribution in [2.75, 3.05) is 0 Å². The molecule has 0 radical (unpaired) electrons. The summed E-state index contributed by atoms with van der Waals surface area (Å²) in [6.07, 6.45) is -3.88. The number of hydrogen-bond donors (Lipinski definition) is 0. The molecular formula is C9H13F3O. The zero-order chi connectivity index (χ0) is 10.3. The highest BCUT2D eigenvalue weighted by Crippen LogP contribution is 2.54. The molecule has 0 aliphatic heterocycles. The van der Waals surface area contributed by atoms with E-state index in [1.54, 1.807) is 0 Å². The fourth-order valence-corrected chi connectivity index (χ4v) is 1.75. The van der Waals surface area contributed by atoms with Crippen molar-refractivity contribution in [2.24, 2.45) is 11.3 Å². The van der Waals surface area contributed by atoms with Gasteiger partial charge in [0.05, 0.1) is 0 Å². The van der Waals surface area contributed by atoms with Crippen LogP contribution in [0.3, 0.4) is 0 Å². The Hall–Kier alpha value is -0.540. The first-order valence-corrected chi connectivity index (χ1v) is 4.42. The van der Waals surface area contributed by atoms with Gasteiger partial charge in [0.2, 0.25) is 0 Å². The van der Waals surface area contributed by atoms with Crippen LogP contribution in [0.2, 0.25) is 0 Å². The Bertz CT molecular complexity index is 213. The van der Waals surface area contributed by atoms with E-state index in [-0.39, 0.29) is 12.8 Å². The van der Waals surface area contributed by atoms with Crippen molar-refractivity contribution in [1.82, 2.24) is 0 Å². The lowest BCUT2D eigenvalue weighted by atomic mass is 9.63. The summed E-state index contributed by atoms with van der Waals surface area (Å²) < 4.78 is 37.6. The second-order valence-corrected chi connectivity index (χ2v) is 3.95. The fraction of sp³-hybridized carbons (Fsp3) is 0.889. The molecule has 76 valence electrons. The maximum Gasteiger partial charge on any atom is 0.401 e. The van der Waals surface area contributed by atoms with Gasteiger partial charge in [-0.15, -0.1) is 0 Å². The average molecular weight is 194 g/mol. The molecule has 0 bridgehead atoms. The normalized spacial score (nSPS) is 21.4. The molecule has 0 amide bonds. The molecule has 1 rings (SSSR count). The van der Waals surface area contributed by atoms with Crippen molar-refractivity contribution >= 4 is 5.78 Å². The van der Waals surface area contributed by atoms with E-state index in [4.69, 9.17) is 0 Å². The fourth-order valence-electron chi connectivity index (χ4n) is 1.75. The quantitative estimate of drug-likeness (QED) is 0.660. The number of carbonyl (C=O) groups is 1. The molecule has 0 saturated heterocycles. The maximum atomic E-state index is 12.5. The lowest BCUT2D eigenvalue weighted by Gasteiger charge is -2.42. The van der Waals surface area contributed by atoms with Gasteiger partial charge in [-0.25, -0.2) is 0 Å². The summed E-state index contributed by atoms with van der Waals surface area (Å²) in [5, 5.41) is 0. The molecule has 0 atom stereocenters. The van der Waals surface area contributed by atoms with Crippen molar-refractivity contribution in [3.63, 3.8) is 0 Å². The zero-order valence-electron chi connectivity index (χ0n) is 7.74. The molecule has 1 aliphatic rings. The molecule has 0 heterocycles. The summed E-state index contributed by atoms with van der Waals surface area (Å²) in [5.74, 6) is -1.17. The predicted molar refractivity (Wildman–Crippen MR) is 42.2 cm³/mol. The summed E-state index contributed by atoms with van der Waals surface area (Å²) in [6.45, 7) is 3.04. The minimum absolute atomic E-state index is 0.0203. The van der Waals surface area contributed by atoms with Gasteiger partial charge in [0, 0.05) is 5.92 Å². The van der Waals surface area contributed by atoms with Gasteiger partial charge in [-0.05, 0) is 12.8 Å². The molecule has 0 aromatic rings. The summed E-state index contributed by atoms with van der Waals surface area (Å²) >= 11 is 0. The molecule has 1 fully saturated rings. The summed E-state index contributed by atoms with van der Waals surface area (Å²) in [7, 11) is 0.